The lowest BCUT2D eigenvalue weighted by molar-refractivity contribution is -0.121. The molecule has 0 radical (unpaired) electrons. The Balaban J connectivity index is 1.23. The number of likely N-dealkylation sites (tertiary alicyclic amines) is 1. The molecule has 170 valence electrons. The molecule has 2 N–H and O–H groups in total. The maximum absolute atomic E-state index is 12.6. The van der Waals surface area contributed by atoms with Gasteiger partial charge < -0.3 is 15.5 Å². The van der Waals surface area contributed by atoms with Crippen LogP contribution < -0.4 is 10.6 Å². The summed E-state index contributed by atoms with van der Waals surface area (Å²) in [5.74, 6) is 0.622. The molecule has 0 atom stereocenters. The zero-order valence-electron chi connectivity index (χ0n) is 19.0. The fourth-order valence-corrected chi connectivity index (χ4v) is 4.19. The highest BCUT2D eigenvalue weighted by Gasteiger charge is 2.25. The number of nitrogens with one attached hydrogen (secondary N) is 2. The SMILES string of the molecule is Cc1ccnc(NC(=O)C2CCN(CCC(=O)Nc3ccccc3-c3ccccc3)CC2)c1. The van der Waals surface area contributed by atoms with Gasteiger partial charge in [0.15, 0.2) is 0 Å². The molecular weight excluding hydrogens is 412 g/mol. The van der Waals surface area contributed by atoms with Crippen LogP contribution in [0.1, 0.15) is 24.8 Å². The van der Waals surface area contributed by atoms with Crippen LogP contribution in [0.2, 0.25) is 0 Å². The Morgan fingerprint density at radius 3 is 2.45 bits per heavy atom. The molecule has 6 heteroatoms. The summed E-state index contributed by atoms with van der Waals surface area (Å²) < 4.78 is 0. The Hall–Kier alpha value is -3.51. The second kappa shape index (κ2) is 10.9. The Morgan fingerprint density at radius 1 is 0.970 bits per heavy atom. The van der Waals surface area contributed by atoms with Gasteiger partial charge >= 0.3 is 0 Å². The van der Waals surface area contributed by atoms with Gasteiger partial charge in [-0.15, -0.1) is 0 Å². The molecule has 0 saturated carbocycles. The van der Waals surface area contributed by atoms with Gasteiger partial charge in [-0.1, -0.05) is 48.5 Å². The lowest BCUT2D eigenvalue weighted by Gasteiger charge is -2.31. The summed E-state index contributed by atoms with van der Waals surface area (Å²) in [6.07, 6.45) is 3.70. The van der Waals surface area contributed by atoms with E-state index < -0.39 is 0 Å². The van der Waals surface area contributed by atoms with E-state index in [1.54, 1.807) is 6.20 Å². The predicted octanol–water partition coefficient (Wildman–Crippen LogP) is 4.74. The van der Waals surface area contributed by atoms with E-state index >= 15 is 0 Å². The molecule has 0 unspecified atom stereocenters. The van der Waals surface area contributed by atoms with Crippen molar-refractivity contribution < 1.29 is 9.59 Å². The number of pyridine rings is 1. The van der Waals surface area contributed by atoms with E-state index in [9.17, 15) is 9.59 Å². The second-order valence-corrected chi connectivity index (χ2v) is 8.53. The molecule has 1 saturated heterocycles. The zero-order chi connectivity index (χ0) is 23.0. The lowest BCUT2D eigenvalue weighted by atomic mass is 9.95. The molecule has 2 aromatic carbocycles. The maximum Gasteiger partial charge on any atom is 0.228 e. The van der Waals surface area contributed by atoms with E-state index in [0.29, 0.717) is 18.8 Å². The normalized spacial score (nSPS) is 14.6. The van der Waals surface area contributed by atoms with Crippen molar-refractivity contribution in [2.75, 3.05) is 30.3 Å². The number of carbonyl (C=O) groups excluding carboxylic acids is 2. The first-order valence-corrected chi connectivity index (χ1v) is 11.5. The molecule has 33 heavy (non-hydrogen) atoms. The van der Waals surface area contributed by atoms with Gasteiger partial charge in [-0.25, -0.2) is 4.98 Å². The highest BCUT2D eigenvalue weighted by atomic mass is 16.2. The van der Waals surface area contributed by atoms with Crippen LogP contribution in [0.3, 0.4) is 0 Å². The number of aromatic nitrogens is 1. The largest absolute Gasteiger partial charge is 0.325 e. The number of rotatable bonds is 7. The van der Waals surface area contributed by atoms with Crippen molar-refractivity contribution in [3.8, 4) is 11.1 Å². The molecule has 1 aliphatic heterocycles. The van der Waals surface area contributed by atoms with Gasteiger partial charge in [0.1, 0.15) is 5.82 Å². The minimum Gasteiger partial charge on any atom is -0.325 e. The number of para-hydroxylation sites is 1. The van der Waals surface area contributed by atoms with Crippen LogP contribution >= 0.6 is 0 Å². The summed E-state index contributed by atoms with van der Waals surface area (Å²) >= 11 is 0. The third kappa shape index (κ3) is 6.26. The monoisotopic (exact) mass is 442 g/mol. The molecule has 0 aliphatic carbocycles. The Kier molecular flexibility index (Phi) is 7.47. The summed E-state index contributed by atoms with van der Waals surface area (Å²) in [4.78, 5) is 31.7. The third-order valence-electron chi connectivity index (χ3n) is 6.07. The van der Waals surface area contributed by atoms with Crippen molar-refractivity contribution in [2.24, 2.45) is 5.92 Å². The van der Waals surface area contributed by atoms with Crippen LogP contribution in [-0.4, -0.2) is 41.3 Å². The van der Waals surface area contributed by atoms with E-state index in [1.807, 2.05) is 73.7 Å². The van der Waals surface area contributed by atoms with E-state index in [1.165, 1.54) is 0 Å². The van der Waals surface area contributed by atoms with Crippen LogP contribution in [0.15, 0.2) is 72.9 Å². The molecule has 3 aromatic rings. The lowest BCUT2D eigenvalue weighted by Crippen LogP contribution is -2.39. The second-order valence-electron chi connectivity index (χ2n) is 8.53. The average Bonchev–Trinajstić information content (AvgIpc) is 2.84. The molecule has 1 aromatic heterocycles. The van der Waals surface area contributed by atoms with Crippen LogP contribution in [0.5, 0.6) is 0 Å². The summed E-state index contributed by atoms with van der Waals surface area (Å²) in [5, 5.41) is 6.00. The number of anilines is 2. The van der Waals surface area contributed by atoms with Crippen molar-refractivity contribution >= 4 is 23.3 Å². The minimum absolute atomic E-state index is 0.00349. The van der Waals surface area contributed by atoms with Gasteiger partial charge in [-0.05, 0) is 62.2 Å². The van der Waals surface area contributed by atoms with Crippen molar-refractivity contribution in [3.05, 3.63) is 78.5 Å². The van der Waals surface area contributed by atoms with Crippen LogP contribution in [0, 0.1) is 12.8 Å². The van der Waals surface area contributed by atoms with Crippen molar-refractivity contribution in [3.63, 3.8) is 0 Å². The summed E-state index contributed by atoms with van der Waals surface area (Å²) in [6.45, 7) is 4.29. The third-order valence-corrected chi connectivity index (χ3v) is 6.07. The van der Waals surface area contributed by atoms with Crippen LogP contribution in [-0.2, 0) is 9.59 Å². The van der Waals surface area contributed by atoms with E-state index in [4.69, 9.17) is 0 Å². The summed E-state index contributed by atoms with van der Waals surface area (Å²) in [5.41, 5.74) is 3.99. The fourth-order valence-electron chi connectivity index (χ4n) is 4.19. The molecule has 2 amide bonds. The molecule has 0 spiro atoms. The Labute approximate surface area is 195 Å². The number of nitrogens with zero attached hydrogens (tertiary/aromatic N) is 2. The smallest absolute Gasteiger partial charge is 0.228 e. The molecular formula is C27H30N4O2. The molecule has 1 aliphatic rings. The first kappa shape index (κ1) is 22.7. The van der Waals surface area contributed by atoms with Gasteiger partial charge in [-0.2, -0.15) is 0 Å². The molecule has 4 rings (SSSR count). The quantitative estimate of drug-likeness (QED) is 0.554. The van der Waals surface area contributed by atoms with Gasteiger partial charge in [0.2, 0.25) is 11.8 Å². The van der Waals surface area contributed by atoms with Gasteiger partial charge in [0.25, 0.3) is 0 Å². The zero-order valence-corrected chi connectivity index (χ0v) is 19.0. The van der Waals surface area contributed by atoms with E-state index in [-0.39, 0.29) is 17.7 Å². The maximum atomic E-state index is 12.6. The van der Waals surface area contributed by atoms with Crippen molar-refractivity contribution in [2.45, 2.75) is 26.2 Å². The average molecular weight is 443 g/mol. The predicted molar refractivity (Wildman–Crippen MR) is 132 cm³/mol. The first-order valence-electron chi connectivity index (χ1n) is 11.5. The highest BCUT2D eigenvalue weighted by Crippen LogP contribution is 2.27. The minimum atomic E-state index is -0.0184. The van der Waals surface area contributed by atoms with Crippen molar-refractivity contribution in [1.82, 2.24) is 9.88 Å². The van der Waals surface area contributed by atoms with Gasteiger partial charge in [-0.3, -0.25) is 9.59 Å². The first-order chi connectivity index (χ1) is 16.1. The van der Waals surface area contributed by atoms with Gasteiger partial charge in [0, 0.05) is 36.3 Å². The number of carbonyl (C=O) groups is 2. The van der Waals surface area contributed by atoms with E-state index in [2.05, 4.69) is 20.5 Å². The molecule has 1 fully saturated rings. The summed E-state index contributed by atoms with van der Waals surface area (Å²) in [7, 11) is 0. The molecule has 0 bridgehead atoms. The van der Waals surface area contributed by atoms with Crippen LogP contribution in [0.25, 0.3) is 11.1 Å². The number of benzene rings is 2. The Morgan fingerprint density at radius 2 is 1.70 bits per heavy atom. The van der Waals surface area contributed by atoms with Gasteiger partial charge in [0.05, 0.1) is 0 Å². The standard InChI is InChI=1S/C27H30N4O2/c1-20-11-15-28-25(19-20)30-27(33)22-12-16-31(17-13-22)18-14-26(32)29-24-10-6-5-9-23(24)21-7-3-2-4-8-21/h2-11,15,19,22H,12-14,16-18H2,1H3,(H,29,32)(H,28,30,33). The number of amides is 2. The number of hydrogen-bond acceptors (Lipinski definition) is 4. The molecule has 2 heterocycles. The number of hydrogen-bond donors (Lipinski definition) is 2. The topological polar surface area (TPSA) is 74.3 Å². The summed E-state index contributed by atoms with van der Waals surface area (Å²) in [6, 6.07) is 21.7. The fraction of sp³-hybridized carbons (Fsp3) is 0.296. The number of aryl methyl sites for hydroxylation is 1. The molecule has 6 nitrogen and oxygen atoms in total. The highest BCUT2D eigenvalue weighted by molar-refractivity contribution is 5.95. The number of piperidine rings is 1. The van der Waals surface area contributed by atoms with Crippen molar-refractivity contribution in [1.29, 1.82) is 0 Å². The van der Waals surface area contributed by atoms with Crippen LogP contribution in [0.4, 0.5) is 11.5 Å². The Bertz CT molecular complexity index is 1090. The van der Waals surface area contributed by atoms with E-state index in [0.717, 1.165) is 48.3 Å².